The van der Waals surface area contributed by atoms with E-state index in [1.807, 2.05) is 0 Å². The van der Waals surface area contributed by atoms with Crippen LogP contribution in [0.4, 0.5) is 4.79 Å². The van der Waals surface area contributed by atoms with Crippen LogP contribution in [0.3, 0.4) is 0 Å². The van der Waals surface area contributed by atoms with Crippen molar-refractivity contribution in [3.8, 4) is 0 Å². The molecule has 0 unspecified atom stereocenters. The average Bonchev–Trinajstić information content (AvgIpc) is 2.15. The van der Waals surface area contributed by atoms with E-state index in [2.05, 4.69) is 0 Å². The molecule has 10 heavy (non-hydrogen) atoms. The summed E-state index contributed by atoms with van der Waals surface area (Å²) in [7, 11) is 0. The molecule has 2 rings (SSSR count). The van der Waals surface area contributed by atoms with Gasteiger partial charge >= 0.3 is 6.03 Å². The standard InChI is InChI=1S/C6H10N2O2/c9-6-7-1-2-8(6)5-3-10-4-5/h5H,1-4H2,(H,7,9)/i/hD. The second-order valence-electron chi connectivity index (χ2n) is 2.55. The fourth-order valence-electron chi connectivity index (χ4n) is 1.18. The summed E-state index contributed by atoms with van der Waals surface area (Å²) in [5.41, 5.74) is 0. The van der Waals surface area contributed by atoms with Crippen LogP contribution in [0.1, 0.15) is 0 Å². The number of hydrogen-bond donors (Lipinski definition) is 1. The second-order valence-corrected chi connectivity index (χ2v) is 2.55. The van der Waals surface area contributed by atoms with Gasteiger partial charge in [0.15, 0.2) is 1.41 Å². The molecule has 0 aromatic rings. The van der Waals surface area contributed by atoms with E-state index in [4.69, 9.17) is 6.15 Å². The van der Waals surface area contributed by atoms with Crippen LogP contribution in [0, 0.1) is 0 Å². The van der Waals surface area contributed by atoms with Crippen molar-refractivity contribution < 1.29 is 10.9 Å². The molecule has 56 valence electrons. The van der Waals surface area contributed by atoms with Crippen molar-refractivity contribution in [2.45, 2.75) is 6.04 Å². The highest BCUT2D eigenvalue weighted by Crippen LogP contribution is 2.11. The number of carbonyl (C=O) groups excluding carboxylic acids is 1. The molecule has 0 aromatic carbocycles. The number of nitrogens with zero attached hydrogens (tertiary/aromatic N) is 1. The molecule has 0 bridgehead atoms. The zero-order valence-corrected chi connectivity index (χ0v) is 5.62. The monoisotopic (exact) mass is 143 g/mol. The van der Waals surface area contributed by atoms with Gasteiger partial charge in [-0.25, -0.2) is 4.79 Å². The van der Waals surface area contributed by atoms with Gasteiger partial charge in [-0.15, -0.1) is 0 Å². The predicted molar refractivity (Wildman–Crippen MR) is 34.7 cm³/mol. The third kappa shape index (κ3) is 0.759. The number of urea groups is 1. The highest BCUT2D eigenvalue weighted by molar-refractivity contribution is 5.76. The lowest BCUT2D eigenvalue weighted by Crippen LogP contribution is -2.50. The molecule has 0 radical (unpaired) electrons. The Balaban J connectivity index is 1.98. The van der Waals surface area contributed by atoms with Crippen LogP contribution in [0.15, 0.2) is 0 Å². The lowest BCUT2D eigenvalue weighted by molar-refractivity contribution is -0.0434. The number of ether oxygens (including phenoxy) is 1. The summed E-state index contributed by atoms with van der Waals surface area (Å²) in [6.45, 7) is 2.48. The predicted octanol–water partition coefficient (Wildman–Crippen LogP) is -0.590. The van der Waals surface area contributed by atoms with Crippen molar-refractivity contribution in [1.29, 1.82) is 0 Å². The van der Waals surface area contributed by atoms with E-state index < -0.39 is 0 Å². The number of amides is 2. The van der Waals surface area contributed by atoms with Gasteiger partial charge in [-0.1, -0.05) is 0 Å². The Hall–Kier alpha value is -0.770. The van der Waals surface area contributed by atoms with Crippen molar-refractivity contribution in [2.24, 2.45) is 0 Å². The summed E-state index contributed by atoms with van der Waals surface area (Å²) in [6, 6.07) is 0.0520. The van der Waals surface area contributed by atoms with Crippen LogP contribution in [0.2, 0.25) is 1.41 Å². The Morgan fingerprint density at radius 2 is 2.60 bits per heavy atom. The van der Waals surface area contributed by atoms with Crippen molar-refractivity contribution >= 4 is 6.03 Å². The first-order chi connectivity index (χ1) is 5.29. The van der Waals surface area contributed by atoms with Crippen molar-refractivity contribution in [1.82, 2.24) is 10.2 Å². The number of carbonyl (C=O) groups is 1. The molecule has 2 amide bonds. The normalized spacial score (nSPS) is 28.8. The van der Waals surface area contributed by atoms with E-state index in [0.29, 0.717) is 26.3 Å². The maximum Gasteiger partial charge on any atom is 0.317 e. The van der Waals surface area contributed by atoms with Crippen LogP contribution in [0.25, 0.3) is 0 Å². The molecule has 0 aliphatic carbocycles. The van der Waals surface area contributed by atoms with Gasteiger partial charge in [0.05, 0.1) is 19.3 Å². The quantitative estimate of drug-likeness (QED) is 0.533. The lowest BCUT2D eigenvalue weighted by atomic mass is 10.2. The maximum absolute atomic E-state index is 11.1. The maximum atomic E-state index is 11.1. The Morgan fingerprint density at radius 1 is 1.80 bits per heavy atom. The molecular formula is C6H10N2O2. The molecule has 2 saturated heterocycles. The van der Waals surface area contributed by atoms with E-state index >= 15 is 0 Å². The summed E-state index contributed by atoms with van der Waals surface area (Å²) < 4.78 is 12.1. The van der Waals surface area contributed by atoms with E-state index in [1.54, 1.807) is 4.90 Å². The summed E-state index contributed by atoms with van der Waals surface area (Å²) >= 11 is 0. The molecule has 2 fully saturated rings. The van der Waals surface area contributed by atoms with Gasteiger partial charge in [0.25, 0.3) is 0 Å². The molecule has 0 spiro atoms. The minimum atomic E-state index is -0.182. The van der Waals surface area contributed by atoms with E-state index in [0.717, 1.165) is 5.31 Å². The van der Waals surface area contributed by atoms with Gasteiger partial charge in [0.1, 0.15) is 0 Å². The first kappa shape index (κ1) is 4.96. The molecule has 1 N–H and O–H groups in total. The van der Waals surface area contributed by atoms with E-state index in [-0.39, 0.29) is 12.1 Å². The molecule has 2 heterocycles. The van der Waals surface area contributed by atoms with Gasteiger partial charge in [-0.2, -0.15) is 0 Å². The van der Waals surface area contributed by atoms with Crippen LogP contribution in [-0.2, 0) is 4.74 Å². The molecule has 0 saturated carbocycles. The highest BCUT2D eigenvalue weighted by atomic mass is 16.5. The van der Waals surface area contributed by atoms with Crippen LogP contribution in [0.5, 0.6) is 0 Å². The van der Waals surface area contributed by atoms with Gasteiger partial charge in [0.2, 0.25) is 0 Å². The molecule has 4 heteroatoms. The van der Waals surface area contributed by atoms with E-state index in [1.165, 1.54) is 0 Å². The first-order valence-corrected chi connectivity index (χ1v) is 3.44. The first-order valence-electron chi connectivity index (χ1n) is 3.88. The molecule has 2 aliphatic heterocycles. The minimum Gasteiger partial charge on any atom is -0.377 e. The molecule has 2 aliphatic rings. The summed E-state index contributed by atoms with van der Waals surface area (Å²) in [6.07, 6.45) is 0. The zero-order valence-electron chi connectivity index (χ0n) is 6.62. The summed E-state index contributed by atoms with van der Waals surface area (Å²) in [4.78, 5) is 12.9. The lowest BCUT2D eigenvalue weighted by Gasteiger charge is -2.33. The molecule has 0 aromatic heterocycles. The van der Waals surface area contributed by atoms with Crippen LogP contribution >= 0.6 is 0 Å². The third-order valence-electron chi connectivity index (χ3n) is 1.89. The van der Waals surface area contributed by atoms with Crippen molar-refractivity contribution in [2.75, 3.05) is 26.3 Å². The SMILES string of the molecule is [2H]N1CCN(C2COC2)C1=O. The van der Waals surface area contributed by atoms with Gasteiger partial charge < -0.3 is 14.9 Å². The largest absolute Gasteiger partial charge is 0.377 e. The summed E-state index contributed by atoms with van der Waals surface area (Å²) in [5, 5.41) is 0.998. The van der Waals surface area contributed by atoms with Gasteiger partial charge in [-0.3, -0.25) is 0 Å². The Labute approximate surface area is 60.6 Å². The van der Waals surface area contributed by atoms with Crippen molar-refractivity contribution in [3.63, 3.8) is 0 Å². The highest BCUT2D eigenvalue weighted by Gasteiger charge is 2.32. The van der Waals surface area contributed by atoms with E-state index in [9.17, 15) is 4.79 Å². The second kappa shape index (κ2) is 2.12. The number of nitrogens with one attached hydrogen (secondary N) is 1. The minimum absolute atomic E-state index is 0.182. The number of hydrogen-bond acceptors (Lipinski definition) is 2. The average molecular weight is 143 g/mol. The Bertz CT molecular complexity index is 183. The van der Waals surface area contributed by atoms with Crippen molar-refractivity contribution in [3.05, 3.63) is 0 Å². The smallest absolute Gasteiger partial charge is 0.317 e. The topological polar surface area (TPSA) is 41.6 Å². The Morgan fingerprint density at radius 3 is 3.00 bits per heavy atom. The van der Waals surface area contributed by atoms with Gasteiger partial charge in [0, 0.05) is 13.1 Å². The molecule has 4 nitrogen and oxygen atoms in total. The fourth-order valence-corrected chi connectivity index (χ4v) is 1.18. The zero-order chi connectivity index (χ0) is 7.84. The fraction of sp³-hybridized carbons (Fsp3) is 0.833. The Kier molecular flexibility index (Phi) is 1.05. The number of rotatable bonds is 1. The third-order valence-corrected chi connectivity index (χ3v) is 1.89. The van der Waals surface area contributed by atoms with Gasteiger partial charge in [-0.05, 0) is 0 Å². The van der Waals surface area contributed by atoms with Crippen LogP contribution in [-0.4, -0.2) is 43.3 Å². The molecular weight excluding hydrogens is 132 g/mol. The summed E-state index contributed by atoms with van der Waals surface area (Å²) in [5.74, 6) is 0. The molecule has 0 atom stereocenters. The van der Waals surface area contributed by atoms with Crippen LogP contribution < -0.4 is 5.31 Å².